The van der Waals surface area contributed by atoms with Crippen LogP contribution in [0.5, 0.6) is 0 Å². The summed E-state index contributed by atoms with van der Waals surface area (Å²) in [6.07, 6.45) is 2.32. The topological polar surface area (TPSA) is 66.9 Å². The third-order valence-electron chi connectivity index (χ3n) is 6.51. The molecule has 1 unspecified atom stereocenters. The Hall–Kier alpha value is -3.23. The zero-order valence-corrected chi connectivity index (χ0v) is 20.1. The van der Waals surface area contributed by atoms with Gasteiger partial charge in [0, 0.05) is 31.8 Å². The van der Waals surface area contributed by atoms with Crippen LogP contribution in [0, 0.1) is 5.82 Å². The van der Waals surface area contributed by atoms with Crippen molar-refractivity contribution in [2.24, 2.45) is 0 Å². The van der Waals surface area contributed by atoms with Gasteiger partial charge in [0.25, 0.3) is 15.9 Å². The summed E-state index contributed by atoms with van der Waals surface area (Å²) >= 11 is 0. The zero-order valence-electron chi connectivity index (χ0n) is 19.3. The van der Waals surface area contributed by atoms with Gasteiger partial charge in [-0.05, 0) is 66.8 Å². The maximum absolute atomic E-state index is 13.8. The van der Waals surface area contributed by atoms with Gasteiger partial charge in [-0.1, -0.05) is 36.4 Å². The average molecular weight is 495 g/mol. The van der Waals surface area contributed by atoms with E-state index in [-0.39, 0.29) is 34.8 Å². The number of nitrogens with zero attached hydrogens (tertiary/aromatic N) is 2. The van der Waals surface area contributed by atoms with Gasteiger partial charge in [0.15, 0.2) is 0 Å². The van der Waals surface area contributed by atoms with E-state index in [2.05, 4.69) is 0 Å². The van der Waals surface area contributed by atoms with Crippen molar-refractivity contribution in [2.45, 2.75) is 36.8 Å². The van der Waals surface area contributed by atoms with Gasteiger partial charge in [0.05, 0.1) is 16.7 Å². The summed E-state index contributed by atoms with van der Waals surface area (Å²) in [5.74, 6) is -0.686. The van der Waals surface area contributed by atoms with Crippen molar-refractivity contribution in [3.8, 4) is 0 Å². The lowest BCUT2D eigenvalue weighted by Gasteiger charge is -2.26. The summed E-state index contributed by atoms with van der Waals surface area (Å²) in [7, 11) is -3.83. The number of hydrogen-bond donors (Lipinski definition) is 0. The molecule has 0 saturated carbocycles. The predicted octanol–water partition coefficient (Wildman–Crippen LogP) is 4.40. The van der Waals surface area contributed by atoms with Crippen molar-refractivity contribution in [1.29, 1.82) is 0 Å². The second-order valence-corrected chi connectivity index (χ2v) is 10.8. The van der Waals surface area contributed by atoms with Crippen LogP contribution in [0.15, 0.2) is 77.7 Å². The fraction of sp³-hybridized carbons (Fsp3) is 0.296. The molecular formula is C27H27FN2O4S. The third kappa shape index (κ3) is 4.94. The van der Waals surface area contributed by atoms with Crippen LogP contribution in [0.3, 0.4) is 0 Å². The molecule has 8 heteroatoms. The number of hydrogen-bond acceptors (Lipinski definition) is 4. The molecule has 0 aromatic heterocycles. The Morgan fingerprint density at radius 1 is 1.06 bits per heavy atom. The van der Waals surface area contributed by atoms with Crippen molar-refractivity contribution in [3.63, 3.8) is 0 Å². The number of rotatable bonds is 7. The number of ether oxygens (including phenoxy) is 1. The molecule has 0 N–H and O–H groups in total. The van der Waals surface area contributed by atoms with Crippen LogP contribution in [0.4, 0.5) is 10.1 Å². The first-order valence-corrected chi connectivity index (χ1v) is 13.2. The molecule has 5 rings (SSSR count). The molecule has 35 heavy (non-hydrogen) atoms. The summed E-state index contributed by atoms with van der Waals surface area (Å²) in [4.78, 5) is 15.3. The SMILES string of the molecule is O=C(c1cccc(S(=O)(=O)N2CCc3ccccc32)c1)N(Cc1cccc(F)c1)CC1CCCO1. The molecule has 0 bridgehead atoms. The lowest BCUT2D eigenvalue weighted by molar-refractivity contribution is 0.0507. The predicted molar refractivity (Wildman–Crippen MR) is 131 cm³/mol. The first kappa shape index (κ1) is 23.5. The van der Waals surface area contributed by atoms with Gasteiger partial charge < -0.3 is 9.64 Å². The maximum Gasteiger partial charge on any atom is 0.264 e. The molecule has 2 aliphatic rings. The Kier molecular flexibility index (Phi) is 6.58. The number of anilines is 1. The molecule has 3 aromatic rings. The molecule has 0 spiro atoms. The number of amides is 1. The van der Waals surface area contributed by atoms with Crippen molar-refractivity contribution < 1.29 is 22.3 Å². The number of fused-ring (bicyclic) bond motifs is 1. The zero-order chi connectivity index (χ0) is 24.4. The van der Waals surface area contributed by atoms with Crippen LogP contribution < -0.4 is 4.31 Å². The summed E-state index contributed by atoms with van der Waals surface area (Å²) in [5, 5.41) is 0. The first-order chi connectivity index (χ1) is 16.9. The molecule has 1 atom stereocenters. The molecule has 0 radical (unpaired) electrons. The fourth-order valence-electron chi connectivity index (χ4n) is 4.77. The Morgan fingerprint density at radius 2 is 1.89 bits per heavy atom. The number of carbonyl (C=O) groups excluding carboxylic acids is 1. The summed E-state index contributed by atoms with van der Waals surface area (Å²) in [6.45, 7) is 1.57. The van der Waals surface area contributed by atoms with E-state index in [0.717, 1.165) is 18.4 Å². The van der Waals surface area contributed by atoms with Gasteiger partial charge in [0.2, 0.25) is 0 Å². The smallest absolute Gasteiger partial charge is 0.264 e. The van der Waals surface area contributed by atoms with Gasteiger partial charge in [-0.25, -0.2) is 12.8 Å². The quantitative estimate of drug-likeness (QED) is 0.488. The summed E-state index contributed by atoms with van der Waals surface area (Å²) in [6, 6.07) is 19.8. The van der Waals surface area contributed by atoms with Crippen molar-refractivity contribution >= 4 is 21.6 Å². The van der Waals surface area contributed by atoms with E-state index in [1.165, 1.54) is 28.6 Å². The molecule has 3 aromatic carbocycles. The van der Waals surface area contributed by atoms with E-state index in [9.17, 15) is 17.6 Å². The fourth-order valence-corrected chi connectivity index (χ4v) is 6.32. The number of sulfonamides is 1. The van der Waals surface area contributed by atoms with Gasteiger partial charge in [-0.3, -0.25) is 9.10 Å². The molecule has 1 fully saturated rings. The van der Waals surface area contributed by atoms with E-state index in [4.69, 9.17) is 4.74 Å². The normalized spacial score (nSPS) is 17.4. The number of para-hydroxylation sites is 1. The number of halogens is 1. The van der Waals surface area contributed by atoms with Crippen LogP contribution in [-0.2, 0) is 27.7 Å². The maximum atomic E-state index is 13.8. The van der Waals surface area contributed by atoms with Crippen LogP contribution in [0.1, 0.15) is 34.3 Å². The minimum absolute atomic E-state index is 0.0721. The molecule has 2 heterocycles. The lowest BCUT2D eigenvalue weighted by Crippen LogP contribution is -2.37. The molecule has 0 aliphatic carbocycles. The minimum Gasteiger partial charge on any atom is -0.376 e. The lowest BCUT2D eigenvalue weighted by atomic mass is 10.1. The number of benzene rings is 3. The van der Waals surface area contributed by atoms with E-state index in [1.54, 1.807) is 35.2 Å². The van der Waals surface area contributed by atoms with E-state index in [0.29, 0.717) is 37.4 Å². The molecule has 1 saturated heterocycles. The standard InChI is InChI=1S/C27H27FN2O4S/c28-23-9-3-6-20(16-23)18-29(19-24-10-5-15-34-24)27(31)22-8-4-11-25(17-22)35(32,33)30-14-13-21-7-1-2-12-26(21)30/h1-4,6-9,11-12,16-17,24H,5,10,13-15,18-19H2. The molecule has 182 valence electrons. The van der Waals surface area contributed by atoms with Crippen LogP contribution in [0.25, 0.3) is 0 Å². The monoisotopic (exact) mass is 494 g/mol. The minimum atomic E-state index is -3.83. The second-order valence-electron chi connectivity index (χ2n) is 8.93. The summed E-state index contributed by atoms with van der Waals surface area (Å²) in [5.41, 5.74) is 2.60. The van der Waals surface area contributed by atoms with Crippen molar-refractivity contribution in [2.75, 3.05) is 24.0 Å². The highest BCUT2D eigenvalue weighted by atomic mass is 32.2. The molecule has 2 aliphatic heterocycles. The Labute approximate surface area is 205 Å². The highest BCUT2D eigenvalue weighted by Gasteiger charge is 2.31. The second kappa shape index (κ2) is 9.79. The highest BCUT2D eigenvalue weighted by molar-refractivity contribution is 7.92. The first-order valence-electron chi connectivity index (χ1n) is 11.8. The van der Waals surface area contributed by atoms with Crippen molar-refractivity contribution in [3.05, 3.63) is 95.3 Å². The Bertz CT molecular complexity index is 1340. The van der Waals surface area contributed by atoms with Gasteiger partial charge in [-0.15, -0.1) is 0 Å². The summed E-state index contributed by atoms with van der Waals surface area (Å²) < 4.78 is 47.9. The third-order valence-corrected chi connectivity index (χ3v) is 8.32. The Morgan fingerprint density at radius 3 is 2.69 bits per heavy atom. The molecule has 1 amide bonds. The largest absolute Gasteiger partial charge is 0.376 e. The number of carbonyl (C=O) groups is 1. The average Bonchev–Trinajstić information content (AvgIpc) is 3.53. The molecular weight excluding hydrogens is 467 g/mol. The van der Waals surface area contributed by atoms with Crippen LogP contribution >= 0.6 is 0 Å². The van der Waals surface area contributed by atoms with Crippen molar-refractivity contribution in [1.82, 2.24) is 4.90 Å². The highest BCUT2D eigenvalue weighted by Crippen LogP contribution is 2.33. The van der Waals surface area contributed by atoms with Crippen LogP contribution in [-0.4, -0.2) is 45.0 Å². The van der Waals surface area contributed by atoms with E-state index in [1.807, 2.05) is 18.2 Å². The van der Waals surface area contributed by atoms with Crippen LogP contribution in [0.2, 0.25) is 0 Å². The van der Waals surface area contributed by atoms with Gasteiger partial charge in [-0.2, -0.15) is 0 Å². The molecule has 6 nitrogen and oxygen atoms in total. The van der Waals surface area contributed by atoms with Gasteiger partial charge in [0.1, 0.15) is 5.82 Å². The van der Waals surface area contributed by atoms with Gasteiger partial charge >= 0.3 is 0 Å². The van der Waals surface area contributed by atoms with E-state index < -0.39 is 10.0 Å². The Balaban J connectivity index is 1.43. The van der Waals surface area contributed by atoms with E-state index >= 15 is 0 Å².